The van der Waals surface area contributed by atoms with E-state index < -0.39 is 0 Å². The Morgan fingerprint density at radius 2 is 1.83 bits per heavy atom. The van der Waals surface area contributed by atoms with Crippen LogP contribution < -0.4 is 16.4 Å². The lowest BCUT2D eigenvalue weighted by Gasteiger charge is -2.26. The minimum Gasteiger partial charge on any atom is -0.354 e. The Bertz CT molecular complexity index is 559. The molecule has 4 unspecified atom stereocenters. The van der Waals surface area contributed by atoms with E-state index in [1.165, 1.54) is 5.56 Å². The summed E-state index contributed by atoms with van der Waals surface area (Å²) < 4.78 is 0. The third-order valence-corrected chi connectivity index (χ3v) is 5.29. The van der Waals surface area contributed by atoms with Crippen molar-refractivity contribution in [1.82, 2.24) is 10.6 Å². The number of fused-ring (bicyclic) bond motifs is 2. The van der Waals surface area contributed by atoms with Crippen LogP contribution in [0.5, 0.6) is 0 Å². The van der Waals surface area contributed by atoms with Crippen molar-refractivity contribution in [2.45, 2.75) is 31.7 Å². The van der Waals surface area contributed by atoms with Gasteiger partial charge < -0.3 is 16.4 Å². The summed E-state index contributed by atoms with van der Waals surface area (Å²) in [7, 11) is 0. The summed E-state index contributed by atoms with van der Waals surface area (Å²) in [6, 6.07) is 9.97. The van der Waals surface area contributed by atoms with E-state index in [1.54, 1.807) is 0 Å². The van der Waals surface area contributed by atoms with Gasteiger partial charge in [0.15, 0.2) is 0 Å². The highest BCUT2D eigenvalue weighted by molar-refractivity contribution is 5.86. The molecule has 0 aromatic heterocycles. The molecule has 3 rings (SSSR count). The van der Waals surface area contributed by atoms with Crippen molar-refractivity contribution in [3.8, 4) is 0 Å². The maximum Gasteiger partial charge on any atom is 0.239 e. The molecule has 0 radical (unpaired) electrons. The van der Waals surface area contributed by atoms with Crippen LogP contribution in [0.3, 0.4) is 0 Å². The second kappa shape index (κ2) is 7.13. The summed E-state index contributed by atoms with van der Waals surface area (Å²) in [4.78, 5) is 24.1. The first-order chi connectivity index (χ1) is 11.1. The van der Waals surface area contributed by atoms with Crippen molar-refractivity contribution in [3.05, 3.63) is 35.9 Å². The second-order valence-corrected chi connectivity index (χ2v) is 6.74. The fourth-order valence-corrected chi connectivity index (χ4v) is 4.06. The van der Waals surface area contributed by atoms with Crippen LogP contribution in [-0.4, -0.2) is 30.9 Å². The van der Waals surface area contributed by atoms with Gasteiger partial charge in [-0.05, 0) is 43.1 Å². The molecule has 2 aliphatic carbocycles. The number of carbonyl (C=O) groups is 2. The van der Waals surface area contributed by atoms with Gasteiger partial charge in [-0.15, -0.1) is 0 Å². The van der Waals surface area contributed by atoms with E-state index in [-0.39, 0.29) is 30.3 Å². The Morgan fingerprint density at radius 3 is 2.52 bits per heavy atom. The molecule has 4 atom stereocenters. The van der Waals surface area contributed by atoms with Gasteiger partial charge in [-0.25, -0.2) is 0 Å². The maximum absolute atomic E-state index is 12.3. The van der Waals surface area contributed by atoms with Gasteiger partial charge in [0.2, 0.25) is 11.8 Å². The van der Waals surface area contributed by atoms with Crippen molar-refractivity contribution < 1.29 is 9.59 Å². The van der Waals surface area contributed by atoms with Crippen LogP contribution in [-0.2, 0) is 16.0 Å². The summed E-state index contributed by atoms with van der Waals surface area (Å²) in [6.45, 7) is 0.612. The van der Waals surface area contributed by atoms with Crippen LogP contribution in [0.4, 0.5) is 0 Å². The SMILES string of the molecule is NC1C2CCC(C2)C1C(=O)NCC(=O)NCCc1ccccc1. The fraction of sp³-hybridized carbons (Fsp3) is 0.556. The monoisotopic (exact) mass is 315 g/mol. The van der Waals surface area contributed by atoms with Crippen LogP contribution >= 0.6 is 0 Å². The topological polar surface area (TPSA) is 84.2 Å². The molecule has 2 aliphatic rings. The number of hydrogen-bond acceptors (Lipinski definition) is 3. The Morgan fingerprint density at radius 1 is 1.09 bits per heavy atom. The molecule has 4 N–H and O–H groups in total. The summed E-state index contributed by atoms with van der Waals surface area (Å²) in [6.07, 6.45) is 4.11. The first kappa shape index (κ1) is 16.0. The van der Waals surface area contributed by atoms with E-state index in [0.29, 0.717) is 18.4 Å². The molecule has 0 spiro atoms. The number of hydrogen-bond donors (Lipinski definition) is 3. The van der Waals surface area contributed by atoms with E-state index >= 15 is 0 Å². The zero-order valence-electron chi connectivity index (χ0n) is 13.3. The van der Waals surface area contributed by atoms with E-state index in [4.69, 9.17) is 5.73 Å². The van der Waals surface area contributed by atoms with Gasteiger partial charge in [0, 0.05) is 12.6 Å². The Hall–Kier alpha value is -1.88. The van der Waals surface area contributed by atoms with Crippen molar-refractivity contribution in [1.29, 1.82) is 0 Å². The van der Waals surface area contributed by atoms with Gasteiger partial charge >= 0.3 is 0 Å². The average Bonchev–Trinajstić information content (AvgIpc) is 3.15. The molecule has 5 nitrogen and oxygen atoms in total. The quantitative estimate of drug-likeness (QED) is 0.727. The molecule has 2 saturated carbocycles. The first-order valence-corrected chi connectivity index (χ1v) is 8.49. The number of benzene rings is 1. The number of amides is 2. The molecular formula is C18H25N3O2. The molecule has 0 aliphatic heterocycles. The first-order valence-electron chi connectivity index (χ1n) is 8.49. The summed E-state index contributed by atoms with van der Waals surface area (Å²) in [5.74, 6) is 0.603. The van der Waals surface area contributed by atoms with Gasteiger partial charge in [0.25, 0.3) is 0 Å². The molecular weight excluding hydrogens is 290 g/mol. The predicted molar refractivity (Wildman–Crippen MR) is 88.5 cm³/mol. The van der Waals surface area contributed by atoms with Crippen LogP contribution in [0.25, 0.3) is 0 Å². The second-order valence-electron chi connectivity index (χ2n) is 6.74. The Kier molecular flexibility index (Phi) is 4.96. The Labute approximate surface area is 137 Å². The minimum absolute atomic E-state index is 0.0325. The number of nitrogens with one attached hydrogen (secondary N) is 2. The van der Waals surface area contributed by atoms with E-state index in [2.05, 4.69) is 10.6 Å². The fourth-order valence-electron chi connectivity index (χ4n) is 4.06. The highest BCUT2D eigenvalue weighted by atomic mass is 16.2. The molecule has 23 heavy (non-hydrogen) atoms. The molecule has 0 heterocycles. The Balaban J connectivity index is 1.37. The molecule has 1 aromatic carbocycles. The normalized spacial score (nSPS) is 28.6. The largest absolute Gasteiger partial charge is 0.354 e. The molecule has 2 amide bonds. The van der Waals surface area contributed by atoms with Crippen molar-refractivity contribution in [3.63, 3.8) is 0 Å². The van der Waals surface area contributed by atoms with Crippen molar-refractivity contribution in [2.24, 2.45) is 23.5 Å². The maximum atomic E-state index is 12.3. The van der Waals surface area contributed by atoms with Gasteiger partial charge in [0.1, 0.15) is 0 Å². The van der Waals surface area contributed by atoms with Gasteiger partial charge in [-0.3, -0.25) is 9.59 Å². The highest BCUT2D eigenvalue weighted by Crippen LogP contribution is 2.47. The third-order valence-electron chi connectivity index (χ3n) is 5.29. The lowest BCUT2D eigenvalue weighted by atomic mass is 9.84. The molecule has 2 bridgehead atoms. The van der Waals surface area contributed by atoms with Gasteiger partial charge in [-0.2, -0.15) is 0 Å². The van der Waals surface area contributed by atoms with Crippen LogP contribution in [0.15, 0.2) is 30.3 Å². The highest BCUT2D eigenvalue weighted by Gasteiger charge is 2.48. The predicted octanol–water partition coefficient (Wildman–Crippen LogP) is 0.835. The lowest BCUT2D eigenvalue weighted by molar-refractivity contribution is -0.130. The zero-order valence-corrected chi connectivity index (χ0v) is 13.3. The summed E-state index contributed by atoms with van der Waals surface area (Å²) in [5.41, 5.74) is 7.34. The van der Waals surface area contributed by atoms with Gasteiger partial charge in [-0.1, -0.05) is 30.3 Å². The van der Waals surface area contributed by atoms with Crippen LogP contribution in [0.2, 0.25) is 0 Å². The van der Waals surface area contributed by atoms with Crippen LogP contribution in [0.1, 0.15) is 24.8 Å². The molecule has 2 fully saturated rings. The summed E-state index contributed by atoms with van der Waals surface area (Å²) >= 11 is 0. The molecule has 0 saturated heterocycles. The molecule has 1 aromatic rings. The minimum atomic E-state index is -0.147. The van der Waals surface area contributed by atoms with E-state index in [9.17, 15) is 9.59 Å². The lowest BCUT2D eigenvalue weighted by Crippen LogP contribution is -2.47. The smallest absolute Gasteiger partial charge is 0.239 e. The number of carbonyl (C=O) groups excluding carboxylic acids is 2. The number of rotatable bonds is 6. The van der Waals surface area contributed by atoms with Crippen LogP contribution in [0, 0.1) is 17.8 Å². The number of nitrogens with two attached hydrogens (primary N) is 1. The van der Waals surface area contributed by atoms with Crippen molar-refractivity contribution in [2.75, 3.05) is 13.1 Å². The van der Waals surface area contributed by atoms with Crippen molar-refractivity contribution >= 4 is 11.8 Å². The van der Waals surface area contributed by atoms with E-state index in [1.807, 2.05) is 30.3 Å². The molecule has 5 heteroatoms. The molecule has 124 valence electrons. The third kappa shape index (κ3) is 3.72. The summed E-state index contributed by atoms with van der Waals surface area (Å²) in [5, 5.41) is 5.59. The average molecular weight is 315 g/mol. The van der Waals surface area contributed by atoms with Gasteiger partial charge in [0.05, 0.1) is 12.5 Å². The standard InChI is InChI=1S/C18H25N3O2/c19-17-14-7-6-13(10-14)16(17)18(23)21-11-15(22)20-9-8-12-4-2-1-3-5-12/h1-5,13-14,16-17H,6-11,19H2,(H,20,22)(H,21,23). The van der Waals surface area contributed by atoms with E-state index in [0.717, 1.165) is 25.7 Å². The zero-order chi connectivity index (χ0) is 16.2.